The maximum Gasteiger partial charge on any atom is 0.139 e. The van der Waals surface area contributed by atoms with Gasteiger partial charge >= 0.3 is 0 Å². The van der Waals surface area contributed by atoms with E-state index in [4.69, 9.17) is 27.9 Å². The van der Waals surface area contributed by atoms with Crippen molar-refractivity contribution in [3.8, 4) is 5.75 Å². The molecule has 1 aromatic carbocycles. The zero-order valence-corrected chi connectivity index (χ0v) is 8.87. The zero-order valence-electron chi connectivity index (χ0n) is 7.36. The number of halogens is 2. The summed E-state index contributed by atoms with van der Waals surface area (Å²) in [6, 6.07) is 2.00. The lowest BCUT2D eigenvalue weighted by Crippen LogP contribution is -1.90. The fraction of sp³-hybridized carbons (Fsp3) is 0.400. The van der Waals surface area contributed by atoms with Gasteiger partial charge in [-0.25, -0.2) is 0 Å². The molecule has 0 amide bonds. The molecule has 1 aliphatic carbocycles. The van der Waals surface area contributed by atoms with E-state index in [1.165, 1.54) is 17.5 Å². The summed E-state index contributed by atoms with van der Waals surface area (Å²) in [5, 5.41) is 1.22. The van der Waals surface area contributed by atoms with Gasteiger partial charge in [-0.3, -0.25) is 0 Å². The van der Waals surface area contributed by atoms with E-state index in [1.54, 1.807) is 7.11 Å². The quantitative estimate of drug-likeness (QED) is 0.699. The van der Waals surface area contributed by atoms with Crippen LogP contribution in [0.3, 0.4) is 0 Å². The van der Waals surface area contributed by atoms with Crippen LogP contribution in [0.15, 0.2) is 6.07 Å². The van der Waals surface area contributed by atoms with Crippen LogP contribution >= 0.6 is 23.2 Å². The van der Waals surface area contributed by atoms with Crippen LogP contribution in [0.25, 0.3) is 0 Å². The second-order valence-electron chi connectivity index (χ2n) is 3.20. The Kier molecular flexibility index (Phi) is 2.39. The summed E-state index contributed by atoms with van der Waals surface area (Å²) in [6.07, 6.45) is 3.29. The third kappa shape index (κ3) is 1.40. The molecule has 0 spiro atoms. The fourth-order valence-corrected chi connectivity index (χ4v) is 2.34. The summed E-state index contributed by atoms with van der Waals surface area (Å²) in [7, 11) is 1.61. The molecule has 0 unspecified atom stereocenters. The van der Waals surface area contributed by atoms with Crippen LogP contribution in [0.1, 0.15) is 17.5 Å². The first kappa shape index (κ1) is 9.17. The van der Waals surface area contributed by atoms with Crippen molar-refractivity contribution in [2.24, 2.45) is 0 Å². The molecule has 0 atom stereocenters. The topological polar surface area (TPSA) is 9.23 Å². The third-order valence-electron chi connectivity index (χ3n) is 2.46. The largest absolute Gasteiger partial charge is 0.495 e. The average Bonchev–Trinajstić information content (AvgIpc) is 2.59. The van der Waals surface area contributed by atoms with Crippen molar-refractivity contribution >= 4 is 23.2 Å². The second-order valence-corrected chi connectivity index (χ2v) is 3.95. The Balaban J connectivity index is 2.61. The van der Waals surface area contributed by atoms with Crippen molar-refractivity contribution in [2.75, 3.05) is 7.11 Å². The molecule has 0 aromatic heterocycles. The lowest BCUT2D eigenvalue weighted by molar-refractivity contribution is 0.414. The van der Waals surface area contributed by atoms with Crippen LogP contribution in [0.2, 0.25) is 10.0 Å². The first-order chi connectivity index (χ1) is 6.24. The van der Waals surface area contributed by atoms with Gasteiger partial charge in [0.15, 0.2) is 0 Å². The number of rotatable bonds is 1. The number of aryl methyl sites for hydroxylation is 1. The number of fused-ring (bicyclic) bond motifs is 1. The molecule has 13 heavy (non-hydrogen) atoms. The van der Waals surface area contributed by atoms with E-state index in [1.807, 2.05) is 6.07 Å². The van der Waals surface area contributed by atoms with Gasteiger partial charge in [0.2, 0.25) is 0 Å². The maximum atomic E-state index is 6.11. The molecule has 1 nitrogen and oxygen atoms in total. The third-order valence-corrected chi connectivity index (χ3v) is 3.35. The molecule has 0 saturated heterocycles. The molecule has 0 aliphatic heterocycles. The maximum absolute atomic E-state index is 6.11. The van der Waals surface area contributed by atoms with Gasteiger partial charge in [-0.1, -0.05) is 23.2 Å². The molecule has 0 heterocycles. The van der Waals surface area contributed by atoms with E-state index < -0.39 is 0 Å². The molecular formula is C10H10Cl2O. The standard InChI is InChI=1S/C10H10Cl2O/c1-13-8-5-6-3-2-4-7(6)9(11)10(8)12/h5H,2-4H2,1H3. The fourth-order valence-electron chi connectivity index (χ4n) is 1.79. The minimum atomic E-state index is 0.546. The summed E-state index contributed by atoms with van der Waals surface area (Å²) in [5.41, 5.74) is 2.48. The van der Waals surface area contributed by atoms with Crippen molar-refractivity contribution in [2.45, 2.75) is 19.3 Å². The first-order valence-corrected chi connectivity index (χ1v) is 5.03. The highest BCUT2D eigenvalue weighted by Crippen LogP contribution is 2.40. The average molecular weight is 217 g/mol. The molecule has 70 valence electrons. The van der Waals surface area contributed by atoms with Crippen LogP contribution in [0, 0.1) is 0 Å². The number of hydrogen-bond acceptors (Lipinski definition) is 1. The Labute approximate surface area is 87.6 Å². The normalized spacial score (nSPS) is 14.4. The number of hydrogen-bond donors (Lipinski definition) is 0. The predicted octanol–water partition coefficient (Wildman–Crippen LogP) is 3.49. The van der Waals surface area contributed by atoms with Crippen LogP contribution in [-0.2, 0) is 12.8 Å². The Bertz CT molecular complexity index is 347. The van der Waals surface area contributed by atoms with E-state index in [-0.39, 0.29) is 0 Å². The predicted molar refractivity (Wildman–Crippen MR) is 55.0 cm³/mol. The molecule has 0 fully saturated rings. The van der Waals surface area contributed by atoms with Crippen molar-refractivity contribution in [1.29, 1.82) is 0 Å². The first-order valence-electron chi connectivity index (χ1n) is 4.27. The van der Waals surface area contributed by atoms with Crippen molar-refractivity contribution in [3.05, 3.63) is 27.2 Å². The van der Waals surface area contributed by atoms with E-state index in [2.05, 4.69) is 0 Å². The van der Waals surface area contributed by atoms with Crippen molar-refractivity contribution < 1.29 is 4.74 Å². The SMILES string of the molecule is COc1cc2c(c(Cl)c1Cl)CCC2. The lowest BCUT2D eigenvalue weighted by atomic mass is 10.1. The molecule has 1 aromatic rings. The Morgan fingerprint density at radius 1 is 1.23 bits per heavy atom. The molecule has 0 radical (unpaired) electrons. The Morgan fingerprint density at radius 3 is 2.69 bits per heavy atom. The van der Waals surface area contributed by atoms with Crippen LogP contribution < -0.4 is 4.74 Å². The minimum Gasteiger partial charge on any atom is -0.495 e. The summed E-state index contributed by atoms with van der Waals surface area (Å²) in [4.78, 5) is 0. The summed E-state index contributed by atoms with van der Waals surface area (Å²) >= 11 is 12.1. The van der Waals surface area contributed by atoms with Gasteiger partial charge in [0.05, 0.1) is 12.1 Å². The Hall–Kier alpha value is -0.400. The smallest absolute Gasteiger partial charge is 0.139 e. The van der Waals surface area contributed by atoms with E-state index in [9.17, 15) is 0 Å². The summed E-state index contributed by atoms with van der Waals surface area (Å²) in [5.74, 6) is 0.687. The van der Waals surface area contributed by atoms with E-state index in [0.29, 0.717) is 15.8 Å². The number of benzene rings is 1. The molecule has 3 heteroatoms. The molecular weight excluding hydrogens is 207 g/mol. The van der Waals surface area contributed by atoms with Crippen LogP contribution in [-0.4, -0.2) is 7.11 Å². The van der Waals surface area contributed by atoms with Gasteiger partial charge in [-0.2, -0.15) is 0 Å². The number of methoxy groups -OCH3 is 1. The molecule has 1 aliphatic rings. The molecule has 0 bridgehead atoms. The van der Waals surface area contributed by atoms with Gasteiger partial charge in [-0.05, 0) is 36.5 Å². The summed E-state index contributed by atoms with van der Waals surface area (Å²) in [6.45, 7) is 0. The highest BCUT2D eigenvalue weighted by atomic mass is 35.5. The van der Waals surface area contributed by atoms with E-state index >= 15 is 0 Å². The number of ether oxygens (including phenoxy) is 1. The highest BCUT2D eigenvalue weighted by molar-refractivity contribution is 6.43. The second kappa shape index (κ2) is 3.39. The monoisotopic (exact) mass is 216 g/mol. The van der Waals surface area contributed by atoms with Gasteiger partial charge in [0, 0.05) is 0 Å². The van der Waals surface area contributed by atoms with Crippen molar-refractivity contribution in [3.63, 3.8) is 0 Å². The Morgan fingerprint density at radius 2 is 2.00 bits per heavy atom. The van der Waals surface area contributed by atoms with Gasteiger partial charge in [-0.15, -0.1) is 0 Å². The molecule has 0 saturated carbocycles. The lowest BCUT2D eigenvalue weighted by Gasteiger charge is -2.09. The van der Waals surface area contributed by atoms with Gasteiger partial charge in [0.1, 0.15) is 10.8 Å². The minimum absolute atomic E-state index is 0.546. The molecule has 2 rings (SSSR count). The van der Waals surface area contributed by atoms with Crippen LogP contribution in [0.4, 0.5) is 0 Å². The van der Waals surface area contributed by atoms with Gasteiger partial charge in [0.25, 0.3) is 0 Å². The van der Waals surface area contributed by atoms with Crippen molar-refractivity contribution in [1.82, 2.24) is 0 Å². The zero-order chi connectivity index (χ0) is 9.42. The van der Waals surface area contributed by atoms with Gasteiger partial charge < -0.3 is 4.74 Å². The molecule has 0 N–H and O–H groups in total. The summed E-state index contributed by atoms with van der Waals surface area (Å²) < 4.78 is 5.13. The highest BCUT2D eigenvalue weighted by Gasteiger charge is 2.19. The van der Waals surface area contributed by atoms with Crippen LogP contribution in [0.5, 0.6) is 5.75 Å². The van der Waals surface area contributed by atoms with E-state index in [0.717, 1.165) is 12.8 Å².